The predicted molar refractivity (Wildman–Crippen MR) is 190 cm³/mol. The number of benzene rings is 9. The highest BCUT2D eigenvalue weighted by molar-refractivity contribution is 6.22. The molecule has 0 unspecified atom stereocenters. The van der Waals surface area contributed by atoms with Gasteiger partial charge in [0.15, 0.2) is 0 Å². The van der Waals surface area contributed by atoms with E-state index in [1.807, 2.05) is 36.4 Å². The SMILES string of the molecule is [2H]c1c([2H])c(-c2c3c([2H])c([2H])c([2H])c([2H])c3c(-c3ccc4c(ccc5ccccc54)c3)c3c([2H])c([2H])c([2H])c([2H])c23)c([2H])c([2H])c1-c1c([2H])c([2H])c2c([2H])c([2H])c([2H])c([2H])c2c1[2H]. The van der Waals surface area contributed by atoms with Crippen molar-refractivity contribution in [1.29, 1.82) is 0 Å². The molecule has 9 rings (SSSR count). The maximum absolute atomic E-state index is 9.46. The Morgan fingerprint density at radius 2 is 0.864 bits per heavy atom. The Hall–Kier alpha value is -5.72. The maximum atomic E-state index is 9.46. The fourth-order valence-corrected chi connectivity index (χ4v) is 5.80. The molecular formula is C44H28. The molecule has 204 valence electrons. The lowest BCUT2D eigenvalue weighted by molar-refractivity contribution is 1.63. The molecule has 0 heteroatoms. The fourth-order valence-electron chi connectivity index (χ4n) is 5.80. The van der Waals surface area contributed by atoms with Gasteiger partial charge in [0, 0.05) is 0 Å². The third kappa shape index (κ3) is 3.92. The van der Waals surface area contributed by atoms with E-state index in [1.165, 1.54) is 0 Å². The van der Waals surface area contributed by atoms with Crippen LogP contribution < -0.4 is 0 Å². The second kappa shape index (κ2) is 9.93. The minimum absolute atomic E-state index is 0.00563. The first-order chi connectivity index (χ1) is 29.7. The molecule has 0 aliphatic heterocycles. The molecule has 9 aromatic rings. The van der Waals surface area contributed by atoms with Gasteiger partial charge in [0.1, 0.15) is 0 Å². The van der Waals surface area contributed by atoms with Crippen LogP contribution in [0.25, 0.3) is 87.2 Å². The summed E-state index contributed by atoms with van der Waals surface area (Å²) in [6.45, 7) is 0. The Kier molecular flexibility index (Phi) is 2.82. The lowest BCUT2D eigenvalue weighted by atomic mass is 9.85. The number of hydrogen-bond acceptors (Lipinski definition) is 0. The van der Waals surface area contributed by atoms with Crippen LogP contribution >= 0.6 is 0 Å². The van der Waals surface area contributed by atoms with Gasteiger partial charge < -0.3 is 0 Å². The molecule has 0 bridgehead atoms. The van der Waals surface area contributed by atoms with Crippen molar-refractivity contribution in [3.63, 3.8) is 0 Å². The summed E-state index contributed by atoms with van der Waals surface area (Å²) in [5.74, 6) is 0. The average Bonchev–Trinajstić information content (AvgIpc) is 3.27. The normalized spacial score (nSPS) is 17.7. The number of hydrogen-bond donors (Lipinski definition) is 0. The predicted octanol–water partition coefficient (Wildman–Crippen LogP) is 12.5. The van der Waals surface area contributed by atoms with Crippen molar-refractivity contribution >= 4 is 53.9 Å². The van der Waals surface area contributed by atoms with Gasteiger partial charge in [-0.25, -0.2) is 0 Å². The molecule has 0 radical (unpaired) electrons. The van der Waals surface area contributed by atoms with E-state index in [0.717, 1.165) is 16.2 Å². The van der Waals surface area contributed by atoms with Crippen LogP contribution in [0.1, 0.15) is 26.0 Å². The van der Waals surface area contributed by atoms with E-state index in [0.29, 0.717) is 10.9 Å². The van der Waals surface area contributed by atoms with Crippen LogP contribution in [0.4, 0.5) is 0 Å². The van der Waals surface area contributed by atoms with Crippen molar-refractivity contribution in [3.05, 3.63) is 169 Å². The fraction of sp³-hybridized carbons (Fsp3) is 0. The average molecular weight is 576 g/mol. The second-order valence-corrected chi connectivity index (χ2v) is 10.2. The minimum Gasteiger partial charge on any atom is -0.0616 e. The van der Waals surface area contributed by atoms with Crippen molar-refractivity contribution in [1.82, 2.24) is 0 Å². The van der Waals surface area contributed by atoms with Gasteiger partial charge in [0.05, 0.1) is 26.0 Å². The van der Waals surface area contributed by atoms with E-state index in [4.69, 9.17) is 15.1 Å². The van der Waals surface area contributed by atoms with Crippen LogP contribution in [-0.2, 0) is 0 Å². The van der Waals surface area contributed by atoms with E-state index in [-0.39, 0.29) is 27.1 Å². The lowest BCUT2D eigenvalue weighted by Crippen LogP contribution is -1.91. The second-order valence-electron chi connectivity index (χ2n) is 10.2. The van der Waals surface area contributed by atoms with Crippen LogP contribution in [0.2, 0.25) is 0 Å². The topological polar surface area (TPSA) is 0 Å². The van der Waals surface area contributed by atoms with E-state index in [1.54, 1.807) is 18.2 Å². The molecule has 0 aromatic heterocycles. The maximum Gasteiger partial charge on any atom is 0.0636 e. The molecule has 0 heterocycles. The van der Waals surface area contributed by atoms with Crippen LogP contribution in [0, 0.1) is 0 Å². The summed E-state index contributed by atoms with van der Waals surface area (Å²) in [6.07, 6.45) is 0. The molecule has 0 aliphatic carbocycles. The summed E-state index contributed by atoms with van der Waals surface area (Å²) in [5.41, 5.74) is -2.07. The molecule has 0 N–H and O–H groups in total. The zero-order valence-corrected chi connectivity index (χ0v) is 22.7. The Bertz CT molecular complexity index is 3510. The smallest absolute Gasteiger partial charge is 0.0616 e. The molecule has 0 nitrogen and oxygen atoms in total. The van der Waals surface area contributed by atoms with Gasteiger partial charge >= 0.3 is 0 Å². The summed E-state index contributed by atoms with van der Waals surface area (Å²) in [6, 6.07) is 2.37. The highest BCUT2D eigenvalue weighted by atomic mass is 14.2. The summed E-state index contributed by atoms with van der Waals surface area (Å²) in [5, 5.41) is 1.31. The van der Waals surface area contributed by atoms with E-state index < -0.39 is 148 Å². The summed E-state index contributed by atoms with van der Waals surface area (Å²) in [7, 11) is 0. The van der Waals surface area contributed by atoms with Crippen LogP contribution in [0.5, 0.6) is 0 Å². The zero-order chi connectivity index (χ0) is 45.6. The molecule has 0 atom stereocenters. The highest BCUT2D eigenvalue weighted by Crippen LogP contribution is 2.44. The minimum atomic E-state index is -0.901. The van der Waals surface area contributed by atoms with Gasteiger partial charge in [-0.2, -0.15) is 0 Å². The van der Waals surface area contributed by atoms with Crippen LogP contribution in [0.15, 0.2) is 169 Å². The van der Waals surface area contributed by atoms with Crippen molar-refractivity contribution in [2.24, 2.45) is 0 Å². The Labute approximate surface area is 283 Å². The summed E-state index contributed by atoms with van der Waals surface area (Å²) < 4.78 is 170. The van der Waals surface area contributed by atoms with Gasteiger partial charge in [-0.15, -0.1) is 0 Å². The molecule has 0 saturated heterocycles. The molecule has 0 saturated carbocycles. The van der Waals surface area contributed by atoms with Crippen LogP contribution in [-0.4, -0.2) is 0 Å². The van der Waals surface area contributed by atoms with Crippen molar-refractivity contribution in [2.45, 2.75) is 0 Å². The molecular weight excluding hydrogens is 528 g/mol. The van der Waals surface area contributed by atoms with Crippen molar-refractivity contribution in [2.75, 3.05) is 0 Å². The third-order valence-electron chi connectivity index (χ3n) is 7.78. The third-order valence-corrected chi connectivity index (χ3v) is 7.78. The Morgan fingerprint density at radius 3 is 1.59 bits per heavy atom. The van der Waals surface area contributed by atoms with E-state index in [9.17, 15) is 11.0 Å². The van der Waals surface area contributed by atoms with Crippen molar-refractivity contribution in [3.8, 4) is 33.4 Å². The largest absolute Gasteiger partial charge is 0.0636 e. The Morgan fingerprint density at radius 1 is 0.318 bits per heavy atom. The first-order valence-electron chi connectivity index (χ1n) is 23.2. The van der Waals surface area contributed by atoms with Gasteiger partial charge in [0.2, 0.25) is 0 Å². The Balaban J connectivity index is 1.48. The molecule has 9 aromatic carbocycles. The van der Waals surface area contributed by atoms with Gasteiger partial charge in [-0.3, -0.25) is 0 Å². The first kappa shape index (κ1) is 12.5. The zero-order valence-electron chi connectivity index (χ0n) is 41.7. The number of fused-ring (bicyclic) bond motifs is 6. The summed E-state index contributed by atoms with van der Waals surface area (Å²) >= 11 is 0. The first-order valence-corrected chi connectivity index (χ1v) is 13.7. The molecule has 0 fully saturated rings. The van der Waals surface area contributed by atoms with E-state index in [2.05, 4.69) is 0 Å². The van der Waals surface area contributed by atoms with Gasteiger partial charge in [-0.1, -0.05) is 157 Å². The monoisotopic (exact) mass is 575 g/mol. The highest BCUT2D eigenvalue weighted by Gasteiger charge is 2.17. The summed E-state index contributed by atoms with van der Waals surface area (Å²) in [4.78, 5) is 0. The van der Waals surface area contributed by atoms with Gasteiger partial charge in [0.25, 0.3) is 0 Å². The van der Waals surface area contributed by atoms with Gasteiger partial charge in [-0.05, 0) is 99.4 Å². The molecule has 0 spiro atoms. The van der Waals surface area contributed by atoms with Crippen molar-refractivity contribution < 1.29 is 26.0 Å². The standard InChI is InChI=1S/C44H28/c1-2-11-33-27-34(23-19-29(33)9-1)30-17-21-32(22-18-30)43-39-13-5-7-15-41(39)44(42-16-8-6-14-40(42)43)36-25-26-38-35(28-36)24-20-31-10-3-4-12-37(31)38/h1-28H/i1D,2D,5D,6D,7D,8D,9D,11D,13D,14D,15D,16D,17D,18D,19D,21D,22D,23D,27D. The molecule has 0 amide bonds. The number of rotatable bonds is 3. The lowest BCUT2D eigenvalue weighted by Gasteiger charge is -2.18. The molecule has 44 heavy (non-hydrogen) atoms. The molecule has 0 aliphatic rings. The van der Waals surface area contributed by atoms with E-state index >= 15 is 0 Å². The van der Waals surface area contributed by atoms with Crippen LogP contribution in [0.3, 0.4) is 0 Å². The quantitative estimate of drug-likeness (QED) is 0.145.